The van der Waals surface area contributed by atoms with E-state index >= 15 is 0 Å². The van der Waals surface area contributed by atoms with E-state index in [1.807, 2.05) is 26.1 Å². The molecule has 1 aromatic heterocycles. The second-order valence-corrected chi connectivity index (χ2v) is 4.07. The SMILES string of the molecule is COc1cc(OC)c(C)c(-c2cnn(C)c2N)c1. The van der Waals surface area contributed by atoms with E-state index in [0.717, 1.165) is 28.2 Å². The number of hydrogen-bond acceptors (Lipinski definition) is 4. The minimum atomic E-state index is 0.619. The van der Waals surface area contributed by atoms with E-state index in [1.165, 1.54) is 0 Å². The highest BCUT2D eigenvalue weighted by Crippen LogP contribution is 2.36. The summed E-state index contributed by atoms with van der Waals surface area (Å²) in [5.41, 5.74) is 8.87. The van der Waals surface area contributed by atoms with Gasteiger partial charge in [0.1, 0.15) is 17.3 Å². The summed E-state index contributed by atoms with van der Waals surface area (Å²) in [5.74, 6) is 2.12. The van der Waals surface area contributed by atoms with Gasteiger partial charge in [0.2, 0.25) is 0 Å². The highest BCUT2D eigenvalue weighted by Gasteiger charge is 2.14. The first-order valence-electron chi connectivity index (χ1n) is 5.59. The Morgan fingerprint density at radius 3 is 2.39 bits per heavy atom. The van der Waals surface area contributed by atoms with Gasteiger partial charge in [0.05, 0.1) is 20.4 Å². The lowest BCUT2D eigenvalue weighted by Crippen LogP contribution is -1.99. The normalized spacial score (nSPS) is 10.4. The number of benzene rings is 1. The van der Waals surface area contributed by atoms with Crippen LogP contribution >= 0.6 is 0 Å². The van der Waals surface area contributed by atoms with Gasteiger partial charge >= 0.3 is 0 Å². The number of ether oxygens (including phenoxy) is 2. The van der Waals surface area contributed by atoms with Crippen LogP contribution in [0.3, 0.4) is 0 Å². The van der Waals surface area contributed by atoms with Gasteiger partial charge < -0.3 is 15.2 Å². The van der Waals surface area contributed by atoms with Crippen molar-refractivity contribution in [3.05, 3.63) is 23.9 Å². The average molecular weight is 247 g/mol. The molecule has 0 aliphatic heterocycles. The molecule has 2 aromatic rings. The highest BCUT2D eigenvalue weighted by molar-refractivity contribution is 5.78. The van der Waals surface area contributed by atoms with Crippen molar-refractivity contribution in [2.45, 2.75) is 6.92 Å². The molecule has 0 unspecified atom stereocenters. The predicted molar refractivity (Wildman–Crippen MR) is 70.9 cm³/mol. The lowest BCUT2D eigenvalue weighted by atomic mass is 10.0. The van der Waals surface area contributed by atoms with Crippen molar-refractivity contribution < 1.29 is 9.47 Å². The molecule has 18 heavy (non-hydrogen) atoms. The van der Waals surface area contributed by atoms with Crippen molar-refractivity contribution >= 4 is 5.82 Å². The van der Waals surface area contributed by atoms with Crippen LogP contribution in [0.15, 0.2) is 18.3 Å². The number of nitrogen functional groups attached to an aromatic ring is 1. The number of aromatic nitrogens is 2. The molecule has 5 heteroatoms. The summed E-state index contributed by atoms with van der Waals surface area (Å²) in [7, 11) is 5.07. The number of rotatable bonds is 3. The summed E-state index contributed by atoms with van der Waals surface area (Å²) in [6, 6.07) is 3.79. The first-order chi connectivity index (χ1) is 8.58. The maximum absolute atomic E-state index is 6.01. The second-order valence-electron chi connectivity index (χ2n) is 4.07. The topological polar surface area (TPSA) is 62.3 Å². The summed E-state index contributed by atoms with van der Waals surface area (Å²) in [6.45, 7) is 1.99. The van der Waals surface area contributed by atoms with Crippen LogP contribution in [0.2, 0.25) is 0 Å². The molecule has 0 saturated heterocycles. The van der Waals surface area contributed by atoms with Crippen molar-refractivity contribution in [3.8, 4) is 22.6 Å². The Bertz CT molecular complexity index is 576. The number of nitrogens with zero attached hydrogens (tertiary/aromatic N) is 2. The maximum atomic E-state index is 6.01. The zero-order chi connectivity index (χ0) is 13.3. The highest BCUT2D eigenvalue weighted by atomic mass is 16.5. The zero-order valence-corrected chi connectivity index (χ0v) is 11.0. The average Bonchev–Trinajstić information content (AvgIpc) is 2.70. The lowest BCUT2D eigenvalue weighted by molar-refractivity contribution is 0.393. The Morgan fingerprint density at radius 2 is 1.89 bits per heavy atom. The van der Waals surface area contributed by atoms with Gasteiger partial charge in [0.15, 0.2) is 0 Å². The molecule has 96 valence electrons. The molecule has 0 atom stereocenters. The van der Waals surface area contributed by atoms with E-state index in [0.29, 0.717) is 5.82 Å². The van der Waals surface area contributed by atoms with Crippen molar-refractivity contribution in [3.63, 3.8) is 0 Å². The van der Waals surface area contributed by atoms with Crippen LogP contribution in [0.5, 0.6) is 11.5 Å². The minimum Gasteiger partial charge on any atom is -0.497 e. The fraction of sp³-hybridized carbons (Fsp3) is 0.308. The van der Waals surface area contributed by atoms with Crippen LogP contribution in [0.4, 0.5) is 5.82 Å². The lowest BCUT2D eigenvalue weighted by Gasteiger charge is -2.12. The van der Waals surface area contributed by atoms with Gasteiger partial charge in [-0.15, -0.1) is 0 Å². The van der Waals surface area contributed by atoms with Gasteiger partial charge in [0, 0.05) is 18.7 Å². The quantitative estimate of drug-likeness (QED) is 0.901. The van der Waals surface area contributed by atoms with Crippen LogP contribution < -0.4 is 15.2 Å². The van der Waals surface area contributed by atoms with Gasteiger partial charge in [-0.1, -0.05) is 0 Å². The summed E-state index contributed by atoms with van der Waals surface area (Å²) in [4.78, 5) is 0. The standard InChI is InChI=1S/C13H17N3O2/c1-8-10(11-7-15-16(2)13(11)14)5-9(17-3)6-12(8)18-4/h5-7H,14H2,1-4H3. The first-order valence-corrected chi connectivity index (χ1v) is 5.59. The zero-order valence-electron chi connectivity index (χ0n) is 11.0. The van der Waals surface area contributed by atoms with E-state index in [4.69, 9.17) is 15.2 Å². The van der Waals surface area contributed by atoms with E-state index in [9.17, 15) is 0 Å². The van der Waals surface area contributed by atoms with E-state index in [-0.39, 0.29) is 0 Å². The minimum absolute atomic E-state index is 0.619. The molecule has 0 bridgehead atoms. The third-order valence-electron chi connectivity index (χ3n) is 3.06. The Kier molecular flexibility index (Phi) is 3.14. The molecule has 1 aromatic carbocycles. The summed E-state index contributed by atoms with van der Waals surface area (Å²) in [5, 5.41) is 4.15. The third-order valence-corrected chi connectivity index (χ3v) is 3.06. The molecule has 0 aliphatic rings. The second kappa shape index (κ2) is 4.60. The van der Waals surface area contributed by atoms with Crippen molar-refractivity contribution in [1.82, 2.24) is 9.78 Å². The Labute approximate surface area is 106 Å². The van der Waals surface area contributed by atoms with Gasteiger partial charge in [0.25, 0.3) is 0 Å². The number of anilines is 1. The van der Waals surface area contributed by atoms with Crippen molar-refractivity contribution in [2.24, 2.45) is 7.05 Å². The monoisotopic (exact) mass is 247 g/mol. The molecule has 0 saturated carbocycles. The molecule has 0 amide bonds. The maximum Gasteiger partial charge on any atom is 0.129 e. The number of hydrogen-bond donors (Lipinski definition) is 1. The fourth-order valence-corrected chi connectivity index (χ4v) is 1.93. The molecule has 5 nitrogen and oxygen atoms in total. The fourth-order valence-electron chi connectivity index (χ4n) is 1.93. The van der Waals surface area contributed by atoms with Gasteiger partial charge in [-0.05, 0) is 24.1 Å². The Morgan fingerprint density at radius 1 is 1.17 bits per heavy atom. The summed E-state index contributed by atoms with van der Waals surface area (Å²) in [6.07, 6.45) is 1.75. The smallest absolute Gasteiger partial charge is 0.129 e. The van der Waals surface area contributed by atoms with Gasteiger partial charge in [-0.2, -0.15) is 5.10 Å². The summed E-state index contributed by atoms with van der Waals surface area (Å²) < 4.78 is 12.3. The van der Waals surface area contributed by atoms with Crippen LogP contribution in [0.25, 0.3) is 11.1 Å². The van der Waals surface area contributed by atoms with Crippen molar-refractivity contribution in [1.29, 1.82) is 0 Å². The number of nitrogens with two attached hydrogens (primary N) is 1. The molecule has 2 rings (SSSR count). The van der Waals surface area contributed by atoms with E-state index < -0.39 is 0 Å². The third kappa shape index (κ3) is 1.88. The van der Waals surface area contributed by atoms with Gasteiger partial charge in [-0.3, -0.25) is 4.68 Å². The molecule has 0 aliphatic carbocycles. The molecule has 2 N–H and O–H groups in total. The van der Waals surface area contributed by atoms with E-state index in [1.54, 1.807) is 25.1 Å². The summed E-state index contributed by atoms with van der Waals surface area (Å²) >= 11 is 0. The van der Waals surface area contributed by atoms with Crippen LogP contribution in [-0.4, -0.2) is 24.0 Å². The molecule has 1 heterocycles. The van der Waals surface area contributed by atoms with Crippen LogP contribution in [0.1, 0.15) is 5.56 Å². The molecule has 0 spiro atoms. The molecular formula is C13H17N3O2. The Balaban J connectivity index is 2.66. The van der Waals surface area contributed by atoms with E-state index in [2.05, 4.69) is 5.10 Å². The van der Waals surface area contributed by atoms with Crippen LogP contribution in [0, 0.1) is 6.92 Å². The predicted octanol–water partition coefficient (Wildman–Crippen LogP) is 1.99. The molecular weight excluding hydrogens is 230 g/mol. The molecule has 0 fully saturated rings. The molecule has 0 radical (unpaired) electrons. The number of methoxy groups -OCH3 is 2. The Hall–Kier alpha value is -2.17. The number of aryl methyl sites for hydroxylation is 1. The van der Waals surface area contributed by atoms with Crippen LogP contribution in [-0.2, 0) is 7.05 Å². The van der Waals surface area contributed by atoms with Crippen molar-refractivity contribution in [2.75, 3.05) is 20.0 Å². The largest absolute Gasteiger partial charge is 0.497 e. The first kappa shape index (κ1) is 12.3. The van der Waals surface area contributed by atoms with Gasteiger partial charge in [-0.25, -0.2) is 0 Å².